The highest BCUT2D eigenvalue weighted by Crippen LogP contribution is 2.40. The fourth-order valence-electron chi connectivity index (χ4n) is 3.48. The minimum Gasteiger partial charge on any atom is -0.310 e. The van der Waals surface area contributed by atoms with Gasteiger partial charge in [0.25, 0.3) is 0 Å². The zero-order chi connectivity index (χ0) is 15.4. The van der Waals surface area contributed by atoms with Gasteiger partial charge in [0.05, 0.1) is 0 Å². The number of halogens is 2. The number of hydrogen-bond donors (Lipinski definition) is 1. The van der Waals surface area contributed by atoms with Crippen molar-refractivity contribution in [1.29, 1.82) is 0 Å². The SMILES string of the molecule is CCCNC(c1cccc(F)c1F)C1CCC(C)C(C)C1. The predicted octanol–water partition coefficient (Wildman–Crippen LogP) is 5.08. The quantitative estimate of drug-likeness (QED) is 0.799. The predicted molar refractivity (Wildman–Crippen MR) is 83.1 cm³/mol. The molecule has 0 aromatic heterocycles. The maximum absolute atomic E-state index is 14.2. The summed E-state index contributed by atoms with van der Waals surface area (Å²) in [7, 11) is 0. The molecule has 0 radical (unpaired) electrons. The van der Waals surface area contributed by atoms with Gasteiger partial charge in [0, 0.05) is 11.6 Å². The highest BCUT2D eigenvalue weighted by Gasteiger charge is 2.32. The fraction of sp³-hybridized carbons (Fsp3) is 0.667. The molecule has 1 N–H and O–H groups in total. The molecular weight excluding hydrogens is 268 g/mol. The third-order valence-electron chi connectivity index (χ3n) is 5.04. The molecule has 3 heteroatoms. The second-order valence-electron chi connectivity index (χ2n) is 6.60. The molecular formula is C18H27F2N. The van der Waals surface area contributed by atoms with Crippen LogP contribution in [0.4, 0.5) is 8.78 Å². The van der Waals surface area contributed by atoms with E-state index in [0.717, 1.165) is 31.7 Å². The molecule has 1 saturated carbocycles. The standard InChI is InChI=1S/C18H27F2N/c1-4-10-21-18(14-9-8-12(2)13(3)11-14)15-6-5-7-16(19)17(15)20/h5-7,12-14,18,21H,4,8-11H2,1-3H3. The second kappa shape index (κ2) is 7.35. The smallest absolute Gasteiger partial charge is 0.163 e. The van der Waals surface area contributed by atoms with Gasteiger partial charge in [0.2, 0.25) is 0 Å². The third kappa shape index (κ3) is 3.82. The number of nitrogens with one attached hydrogen (secondary N) is 1. The average molecular weight is 295 g/mol. The monoisotopic (exact) mass is 295 g/mol. The molecule has 1 aromatic rings. The summed E-state index contributed by atoms with van der Waals surface area (Å²) in [6.45, 7) is 7.49. The summed E-state index contributed by atoms with van der Waals surface area (Å²) in [6.07, 6.45) is 4.33. The molecule has 0 amide bonds. The molecule has 0 heterocycles. The van der Waals surface area contributed by atoms with Crippen molar-refractivity contribution in [2.45, 2.75) is 52.5 Å². The maximum Gasteiger partial charge on any atom is 0.163 e. The molecule has 1 fully saturated rings. The van der Waals surface area contributed by atoms with E-state index < -0.39 is 11.6 Å². The first-order valence-corrected chi connectivity index (χ1v) is 8.21. The van der Waals surface area contributed by atoms with E-state index in [-0.39, 0.29) is 6.04 Å². The van der Waals surface area contributed by atoms with E-state index in [1.54, 1.807) is 12.1 Å². The van der Waals surface area contributed by atoms with Gasteiger partial charge in [-0.15, -0.1) is 0 Å². The van der Waals surface area contributed by atoms with Crippen LogP contribution in [0.15, 0.2) is 18.2 Å². The Morgan fingerprint density at radius 2 is 1.95 bits per heavy atom. The zero-order valence-electron chi connectivity index (χ0n) is 13.3. The largest absolute Gasteiger partial charge is 0.310 e. The van der Waals surface area contributed by atoms with E-state index in [1.165, 1.54) is 12.5 Å². The molecule has 4 unspecified atom stereocenters. The van der Waals surface area contributed by atoms with E-state index in [0.29, 0.717) is 17.4 Å². The Balaban J connectivity index is 2.23. The van der Waals surface area contributed by atoms with E-state index in [9.17, 15) is 8.78 Å². The average Bonchev–Trinajstić information content (AvgIpc) is 2.47. The molecule has 118 valence electrons. The Hall–Kier alpha value is -0.960. The van der Waals surface area contributed by atoms with Crippen molar-refractivity contribution in [3.05, 3.63) is 35.4 Å². The van der Waals surface area contributed by atoms with Crippen molar-refractivity contribution in [1.82, 2.24) is 5.32 Å². The summed E-state index contributed by atoms with van der Waals surface area (Å²) in [6, 6.07) is 4.47. The van der Waals surface area contributed by atoms with Crippen molar-refractivity contribution >= 4 is 0 Å². The van der Waals surface area contributed by atoms with Gasteiger partial charge >= 0.3 is 0 Å². The first kappa shape index (κ1) is 16.4. The van der Waals surface area contributed by atoms with Crippen molar-refractivity contribution < 1.29 is 8.78 Å². The van der Waals surface area contributed by atoms with Crippen LogP contribution in [-0.4, -0.2) is 6.54 Å². The van der Waals surface area contributed by atoms with E-state index in [2.05, 4.69) is 26.1 Å². The Labute approximate surface area is 127 Å². The lowest BCUT2D eigenvalue weighted by Crippen LogP contribution is -2.34. The van der Waals surface area contributed by atoms with E-state index in [1.807, 2.05) is 0 Å². The summed E-state index contributed by atoms with van der Waals surface area (Å²) in [5.41, 5.74) is 0.496. The lowest BCUT2D eigenvalue weighted by atomic mass is 9.72. The van der Waals surface area contributed by atoms with Crippen LogP contribution in [0.25, 0.3) is 0 Å². The summed E-state index contributed by atoms with van der Waals surface area (Å²) in [5.74, 6) is 0.334. The van der Waals surface area contributed by atoms with Crippen LogP contribution in [0, 0.1) is 29.4 Å². The molecule has 1 aliphatic carbocycles. The lowest BCUT2D eigenvalue weighted by molar-refractivity contribution is 0.169. The highest BCUT2D eigenvalue weighted by atomic mass is 19.2. The van der Waals surface area contributed by atoms with Crippen LogP contribution in [0.3, 0.4) is 0 Å². The molecule has 0 saturated heterocycles. The topological polar surface area (TPSA) is 12.0 Å². The van der Waals surface area contributed by atoms with Crippen molar-refractivity contribution in [3.8, 4) is 0 Å². The van der Waals surface area contributed by atoms with Crippen molar-refractivity contribution in [3.63, 3.8) is 0 Å². The Bertz CT molecular complexity index is 461. The molecule has 1 aliphatic rings. The van der Waals surface area contributed by atoms with E-state index in [4.69, 9.17) is 0 Å². The van der Waals surface area contributed by atoms with Crippen molar-refractivity contribution in [2.75, 3.05) is 6.54 Å². The molecule has 2 rings (SSSR count). The molecule has 0 spiro atoms. The van der Waals surface area contributed by atoms with Gasteiger partial charge in [-0.3, -0.25) is 0 Å². The number of benzene rings is 1. The minimum absolute atomic E-state index is 0.0735. The first-order chi connectivity index (χ1) is 10.0. The molecule has 21 heavy (non-hydrogen) atoms. The highest BCUT2D eigenvalue weighted by molar-refractivity contribution is 5.23. The van der Waals surface area contributed by atoms with Gasteiger partial charge < -0.3 is 5.32 Å². The van der Waals surface area contributed by atoms with Crippen LogP contribution < -0.4 is 5.32 Å². The molecule has 4 atom stereocenters. The molecule has 0 aliphatic heterocycles. The van der Waals surface area contributed by atoms with Gasteiger partial charge in [-0.1, -0.05) is 39.3 Å². The summed E-state index contributed by atoms with van der Waals surface area (Å²) < 4.78 is 27.8. The van der Waals surface area contributed by atoms with Crippen LogP contribution in [0.5, 0.6) is 0 Å². The minimum atomic E-state index is -0.743. The number of rotatable bonds is 5. The summed E-state index contributed by atoms with van der Waals surface area (Å²) >= 11 is 0. The van der Waals surface area contributed by atoms with Gasteiger partial charge in [-0.05, 0) is 49.6 Å². The molecule has 1 aromatic carbocycles. The Kier molecular flexibility index (Phi) is 5.74. The third-order valence-corrected chi connectivity index (χ3v) is 5.04. The maximum atomic E-state index is 14.2. The second-order valence-corrected chi connectivity index (χ2v) is 6.60. The Morgan fingerprint density at radius 1 is 1.19 bits per heavy atom. The first-order valence-electron chi connectivity index (χ1n) is 8.21. The van der Waals surface area contributed by atoms with Gasteiger partial charge in [0.15, 0.2) is 11.6 Å². The van der Waals surface area contributed by atoms with Crippen LogP contribution >= 0.6 is 0 Å². The van der Waals surface area contributed by atoms with Gasteiger partial charge in [-0.2, -0.15) is 0 Å². The number of hydrogen-bond acceptors (Lipinski definition) is 1. The summed E-state index contributed by atoms with van der Waals surface area (Å²) in [5, 5.41) is 3.45. The normalized spacial score (nSPS) is 27.6. The Morgan fingerprint density at radius 3 is 2.62 bits per heavy atom. The molecule has 1 nitrogen and oxygen atoms in total. The molecule has 0 bridgehead atoms. The van der Waals surface area contributed by atoms with E-state index >= 15 is 0 Å². The fourth-order valence-corrected chi connectivity index (χ4v) is 3.48. The zero-order valence-corrected chi connectivity index (χ0v) is 13.3. The van der Waals surface area contributed by atoms with Gasteiger partial charge in [-0.25, -0.2) is 8.78 Å². The van der Waals surface area contributed by atoms with Crippen molar-refractivity contribution in [2.24, 2.45) is 17.8 Å². The summed E-state index contributed by atoms with van der Waals surface area (Å²) in [4.78, 5) is 0. The van der Waals surface area contributed by atoms with Gasteiger partial charge in [0.1, 0.15) is 0 Å². The lowest BCUT2D eigenvalue weighted by Gasteiger charge is -2.37. The van der Waals surface area contributed by atoms with Crippen LogP contribution in [0.2, 0.25) is 0 Å². The van der Waals surface area contributed by atoms with Crippen LogP contribution in [0.1, 0.15) is 58.1 Å². The van der Waals surface area contributed by atoms with Crippen LogP contribution in [-0.2, 0) is 0 Å².